The van der Waals surface area contributed by atoms with Gasteiger partial charge >= 0.3 is 6.03 Å². The quantitative estimate of drug-likeness (QED) is 0.410. The Morgan fingerprint density at radius 1 is 1.06 bits per heavy atom. The van der Waals surface area contributed by atoms with E-state index in [1.807, 2.05) is 23.6 Å². The van der Waals surface area contributed by atoms with E-state index in [-0.39, 0.29) is 48.3 Å². The van der Waals surface area contributed by atoms with Crippen LogP contribution in [0.1, 0.15) is 33.5 Å². The molecule has 1 fully saturated rings. The van der Waals surface area contributed by atoms with E-state index in [0.717, 1.165) is 30.9 Å². The molecule has 0 saturated carbocycles. The first kappa shape index (κ1) is 22.2. The van der Waals surface area contributed by atoms with Crippen LogP contribution in [0.15, 0.2) is 36.4 Å². The molecule has 2 aliphatic rings. The lowest BCUT2D eigenvalue weighted by molar-refractivity contribution is 0.0953. The first-order valence-corrected chi connectivity index (χ1v) is 12.3. The van der Waals surface area contributed by atoms with Crippen molar-refractivity contribution in [1.29, 1.82) is 0 Å². The molecule has 3 amide bonds. The van der Waals surface area contributed by atoms with Gasteiger partial charge in [0.05, 0.1) is 18.1 Å². The number of rotatable bonds is 4. The number of hydrogen-bond acceptors (Lipinski definition) is 5. The predicted molar refractivity (Wildman–Crippen MR) is 118 cm³/mol. The van der Waals surface area contributed by atoms with E-state index in [2.05, 4.69) is 0 Å². The highest BCUT2D eigenvalue weighted by Crippen LogP contribution is 2.29. The Hall–Kier alpha value is -2.98. The molecule has 1 saturated heterocycles. The molecule has 2 aromatic rings. The number of nitrogens with zero attached hydrogens (tertiary/aromatic N) is 2. The van der Waals surface area contributed by atoms with Crippen molar-refractivity contribution in [3.63, 3.8) is 0 Å². The van der Waals surface area contributed by atoms with Gasteiger partial charge in [-0.1, -0.05) is 12.1 Å². The fourth-order valence-electron chi connectivity index (χ4n) is 4.14. The van der Waals surface area contributed by atoms with Gasteiger partial charge in [0, 0.05) is 29.9 Å². The van der Waals surface area contributed by atoms with Gasteiger partial charge < -0.3 is 4.90 Å². The average Bonchev–Trinajstić information content (AvgIpc) is 3.25. The number of amides is 3. The monoisotopic (exact) mass is 460 g/mol. The van der Waals surface area contributed by atoms with Crippen molar-refractivity contribution in [2.45, 2.75) is 25.8 Å². The van der Waals surface area contributed by atoms with Crippen molar-refractivity contribution < 1.29 is 22.4 Å². The van der Waals surface area contributed by atoms with Gasteiger partial charge in [-0.3, -0.25) is 15.1 Å². The number of nitrogens with two attached hydrogens (primary N) is 1. The van der Waals surface area contributed by atoms with Crippen LogP contribution in [0.25, 0.3) is 0 Å². The summed E-state index contributed by atoms with van der Waals surface area (Å²) in [7, 11) is -3.15. The van der Waals surface area contributed by atoms with Crippen LogP contribution in [0, 0.1) is 5.82 Å². The van der Waals surface area contributed by atoms with Gasteiger partial charge in [0.2, 0.25) is 0 Å². The molecule has 1 aliphatic heterocycles. The molecular formula is C22H25FN4O4S. The normalized spacial score (nSPS) is 17.0. The average molecular weight is 461 g/mol. The summed E-state index contributed by atoms with van der Waals surface area (Å²) in [5.74, 6) is 3.69. The van der Waals surface area contributed by atoms with E-state index in [0.29, 0.717) is 5.69 Å². The van der Waals surface area contributed by atoms with Crippen LogP contribution in [0.3, 0.4) is 0 Å². The van der Waals surface area contributed by atoms with Crippen molar-refractivity contribution >= 4 is 27.5 Å². The Morgan fingerprint density at radius 3 is 2.47 bits per heavy atom. The molecule has 0 radical (unpaired) electrons. The summed E-state index contributed by atoms with van der Waals surface area (Å²) in [5.41, 5.74) is 5.31. The van der Waals surface area contributed by atoms with Crippen molar-refractivity contribution in [2.75, 3.05) is 29.5 Å². The number of fused-ring (bicyclic) bond motifs is 1. The topological polar surface area (TPSA) is 113 Å². The number of sulfone groups is 1. The fraction of sp³-hybridized carbons (Fsp3) is 0.364. The SMILES string of the molecule is NNC(=O)c1ccc(CN(C(=O)N2CCS(=O)(=O)CC2)c2ccc3c(c2)CCC3)c(F)c1. The Morgan fingerprint density at radius 2 is 1.78 bits per heavy atom. The summed E-state index contributed by atoms with van der Waals surface area (Å²) in [4.78, 5) is 28.0. The Labute approximate surface area is 186 Å². The van der Waals surface area contributed by atoms with E-state index >= 15 is 0 Å². The molecule has 4 rings (SSSR count). The predicted octanol–water partition coefficient (Wildman–Crippen LogP) is 1.77. The Balaban J connectivity index is 1.65. The van der Waals surface area contributed by atoms with Crippen molar-refractivity contribution in [2.24, 2.45) is 5.84 Å². The van der Waals surface area contributed by atoms with Crippen LogP contribution in [0.4, 0.5) is 14.9 Å². The van der Waals surface area contributed by atoms with Gasteiger partial charge in [-0.25, -0.2) is 23.4 Å². The maximum atomic E-state index is 14.8. The van der Waals surface area contributed by atoms with Gasteiger partial charge in [-0.05, 0) is 54.7 Å². The molecule has 2 aromatic carbocycles. The summed E-state index contributed by atoms with van der Waals surface area (Å²) in [6.07, 6.45) is 2.97. The summed E-state index contributed by atoms with van der Waals surface area (Å²) < 4.78 is 38.4. The zero-order valence-corrected chi connectivity index (χ0v) is 18.3. The number of anilines is 1. The standard InChI is InChI=1S/C22H25FN4O4S/c23-20-13-17(21(28)25-24)4-5-18(20)14-27(19-7-6-15-2-1-3-16(15)12-19)22(29)26-8-10-32(30,31)11-9-26/h4-7,12-13H,1-3,8-11,14,24H2,(H,25,28). The zero-order valence-electron chi connectivity index (χ0n) is 17.5. The third kappa shape index (κ3) is 4.61. The van der Waals surface area contributed by atoms with E-state index in [9.17, 15) is 22.4 Å². The number of hydrogen-bond donors (Lipinski definition) is 2. The van der Waals surface area contributed by atoms with Gasteiger partial charge in [-0.15, -0.1) is 0 Å². The largest absolute Gasteiger partial charge is 0.324 e. The van der Waals surface area contributed by atoms with Crippen LogP contribution >= 0.6 is 0 Å². The highest BCUT2D eigenvalue weighted by Gasteiger charge is 2.30. The molecule has 1 heterocycles. The van der Waals surface area contributed by atoms with Gasteiger partial charge in [0.25, 0.3) is 5.91 Å². The molecule has 0 atom stereocenters. The number of nitrogen functional groups attached to an aromatic ring is 1. The third-order valence-electron chi connectivity index (χ3n) is 6.01. The number of carbonyl (C=O) groups is 2. The van der Waals surface area contributed by atoms with E-state index in [4.69, 9.17) is 5.84 Å². The number of hydrazine groups is 1. The summed E-state index contributed by atoms with van der Waals surface area (Å²) in [6.45, 7) is 0.138. The number of halogens is 1. The van der Waals surface area contributed by atoms with Crippen LogP contribution in [0.5, 0.6) is 0 Å². The Bertz CT molecular complexity index is 1150. The molecule has 170 valence electrons. The van der Waals surface area contributed by atoms with Crippen LogP contribution in [-0.4, -0.2) is 49.9 Å². The molecule has 1 aliphatic carbocycles. The minimum Gasteiger partial charge on any atom is -0.322 e. The van der Waals surface area contributed by atoms with Gasteiger partial charge in [-0.2, -0.15) is 0 Å². The summed E-state index contributed by atoms with van der Waals surface area (Å²) in [6, 6.07) is 9.39. The van der Waals surface area contributed by atoms with Gasteiger partial charge in [0.15, 0.2) is 9.84 Å². The van der Waals surface area contributed by atoms with Crippen LogP contribution in [0.2, 0.25) is 0 Å². The smallest absolute Gasteiger partial charge is 0.322 e. The number of nitrogens with one attached hydrogen (secondary N) is 1. The number of aryl methyl sites for hydroxylation is 2. The molecule has 0 spiro atoms. The zero-order chi connectivity index (χ0) is 22.9. The lowest BCUT2D eigenvalue weighted by atomic mass is 10.1. The van der Waals surface area contributed by atoms with E-state index in [1.165, 1.54) is 27.5 Å². The summed E-state index contributed by atoms with van der Waals surface area (Å²) in [5, 5.41) is 0. The van der Waals surface area contributed by atoms with Crippen molar-refractivity contribution in [3.8, 4) is 0 Å². The third-order valence-corrected chi connectivity index (χ3v) is 7.62. The Kier molecular flexibility index (Phi) is 6.16. The van der Waals surface area contributed by atoms with Crippen molar-refractivity contribution in [1.82, 2.24) is 10.3 Å². The highest BCUT2D eigenvalue weighted by molar-refractivity contribution is 7.91. The minimum atomic E-state index is -3.15. The number of benzene rings is 2. The molecule has 0 unspecified atom stereocenters. The lowest BCUT2D eigenvalue weighted by Gasteiger charge is -2.33. The molecule has 0 bridgehead atoms. The molecule has 10 heteroatoms. The maximum absolute atomic E-state index is 14.8. The first-order valence-electron chi connectivity index (χ1n) is 10.5. The molecule has 3 N–H and O–H groups in total. The van der Waals surface area contributed by atoms with Crippen LogP contribution in [-0.2, 0) is 29.2 Å². The number of urea groups is 1. The second-order valence-electron chi connectivity index (χ2n) is 8.09. The fourth-order valence-corrected chi connectivity index (χ4v) is 5.34. The summed E-state index contributed by atoms with van der Waals surface area (Å²) >= 11 is 0. The second kappa shape index (κ2) is 8.87. The van der Waals surface area contributed by atoms with Gasteiger partial charge in [0.1, 0.15) is 5.82 Å². The van der Waals surface area contributed by atoms with E-state index < -0.39 is 21.6 Å². The maximum Gasteiger partial charge on any atom is 0.324 e. The van der Waals surface area contributed by atoms with Crippen molar-refractivity contribution in [3.05, 3.63) is 64.5 Å². The molecule has 32 heavy (non-hydrogen) atoms. The molecule has 0 aromatic heterocycles. The highest BCUT2D eigenvalue weighted by atomic mass is 32.2. The lowest BCUT2D eigenvalue weighted by Crippen LogP contribution is -2.49. The minimum absolute atomic E-state index is 0.0583. The van der Waals surface area contributed by atoms with Crippen LogP contribution < -0.4 is 16.2 Å². The number of carbonyl (C=O) groups excluding carboxylic acids is 2. The molecule has 8 nitrogen and oxygen atoms in total. The second-order valence-corrected chi connectivity index (χ2v) is 10.4. The first-order chi connectivity index (χ1) is 15.3. The van der Waals surface area contributed by atoms with E-state index in [1.54, 1.807) is 0 Å². The molecular weight excluding hydrogens is 435 g/mol.